The van der Waals surface area contributed by atoms with E-state index in [0.29, 0.717) is 0 Å². The quantitative estimate of drug-likeness (QED) is 0.563. The van der Waals surface area contributed by atoms with Gasteiger partial charge in [0.15, 0.2) is 0 Å². The molecule has 0 amide bonds. The molecule has 58 valence electrons. The molecule has 0 saturated heterocycles. The number of ether oxygens (including phenoxy) is 1. The Balaban J connectivity index is 2.38. The van der Waals surface area contributed by atoms with E-state index in [1.54, 1.807) is 7.11 Å². The van der Waals surface area contributed by atoms with Gasteiger partial charge in [-0.15, -0.1) is 0 Å². The molecule has 0 aliphatic carbocycles. The van der Waals surface area contributed by atoms with Gasteiger partial charge in [0.1, 0.15) is 6.23 Å². The topological polar surface area (TPSA) is 15.7 Å². The van der Waals surface area contributed by atoms with Crippen LogP contribution in [0.15, 0.2) is 12.4 Å². The minimum absolute atomic E-state index is 0.182. The summed E-state index contributed by atoms with van der Waals surface area (Å²) in [4.78, 5) is 4.23. The molecule has 1 heterocycles. The van der Waals surface area contributed by atoms with Gasteiger partial charge in [-0.3, -0.25) is 0 Å². The van der Waals surface area contributed by atoms with Crippen LogP contribution in [0, 0.1) is 0 Å². The SMILES string of the molecule is COC(C)N1C=CN(C)C1. The van der Waals surface area contributed by atoms with Crippen molar-refractivity contribution in [2.45, 2.75) is 13.2 Å². The van der Waals surface area contributed by atoms with Crippen LogP contribution in [-0.2, 0) is 4.74 Å². The van der Waals surface area contributed by atoms with Gasteiger partial charge in [-0.1, -0.05) is 0 Å². The zero-order valence-electron chi connectivity index (χ0n) is 6.74. The lowest BCUT2D eigenvalue weighted by molar-refractivity contribution is 0.00268. The summed E-state index contributed by atoms with van der Waals surface area (Å²) in [5.41, 5.74) is 0. The largest absolute Gasteiger partial charge is 0.362 e. The molecule has 0 bridgehead atoms. The molecule has 1 aliphatic rings. The van der Waals surface area contributed by atoms with Gasteiger partial charge in [0.05, 0.1) is 6.67 Å². The third kappa shape index (κ3) is 1.42. The van der Waals surface area contributed by atoms with Crippen LogP contribution in [0.1, 0.15) is 6.92 Å². The summed E-state index contributed by atoms with van der Waals surface area (Å²) in [5, 5.41) is 0. The van der Waals surface area contributed by atoms with Crippen LogP contribution >= 0.6 is 0 Å². The van der Waals surface area contributed by atoms with Crippen molar-refractivity contribution in [1.29, 1.82) is 0 Å². The summed E-state index contributed by atoms with van der Waals surface area (Å²) in [5.74, 6) is 0. The van der Waals surface area contributed by atoms with Crippen LogP contribution in [0.5, 0.6) is 0 Å². The lowest BCUT2D eigenvalue weighted by atomic mass is 10.6. The first kappa shape index (κ1) is 7.41. The standard InChI is InChI=1S/C7H14N2O/c1-7(10-3)9-5-4-8(2)6-9/h4-5,7H,6H2,1-3H3. The molecule has 10 heavy (non-hydrogen) atoms. The normalized spacial score (nSPS) is 20.3. The van der Waals surface area contributed by atoms with Gasteiger partial charge in [0, 0.05) is 26.6 Å². The van der Waals surface area contributed by atoms with E-state index in [2.05, 4.69) is 9.80 Å². The first-order valence-corrected chi connectivity index (χ1v) is 3.41. The van der Waals surface area contributed by atoms with E-state index < -0.39 is 0 Å². The fourth-order valence-electron chi connectivity index (χ4n) is 0.923. The maximum atomic E-state index is 5.13. The zero-order chi connectivity index (χ0) is 7.56. The third-order valence-corrected chi connectivity index (χ3v) is 1.71. The third-order valence-electron chi connectivity index (χ3n) is 1.71. The predicted molar refractivity (Wildman–Crippen MR) is 40.1 cm³/mol. The predicted octanol–water partition coefficient (Wildman–Crippen LogP) is 0.655. The Bertz CT molecular complexity index is 136. The monoisotopic (exact) mass is 142 g/mol. The number of hydrogen-bond acceptors (Lipinski definition) is 3. The molecule has 0 saturated carbocycles. The highest BCUT2D eigenvalue weighted by Crippen LogP contribution is 2.08. The Hall–Kier alpha value is -0.700. The summed E-state index contributed by atoms with van der Waals surface area (Å²) >= 11 is 0. The van der Waals surface area contributed by atoms with Gasteiger partial charge in [-0.2, -0.15) is 0 Å². The van der Waals surface area contributed by atoms with Crippen LogP contribution in [0.3, 0.4) is 0 Å². The van der Waals surface area contributed by atoms with Crippen LogP contribution in [0.25, 0.3) is 0 Å². The molecule has 1 rings (SSSR count). The lowest BCUT2D eigenvalue weighted by Gasteiger charge is -2.23. The molecular weight excluding hydrogens is 128 g/mol. The molecule has 0 fully saturated rings. The Morgan fingerprint density at radius 2 is 2.20 bits per heavy atom. The number of methoxy groups -OCH3 is 1. The second-order valence-electron chi connectivity index (χ2n) is 2.55. The van der Waals surface area contributed by atoms with Crippen LogP contribution in [0.4, 0.5) is 0 Å². The average molecular weight is 142 g/mol. The molecule has 3 heteroatoms. The van der Waals surface area contributed by atoms with Crippen molar-refractivity contribution in [2.75, 3.05) is 20.8 Å². The fraction of sp³-hybridized carbons (Fsp3) is 0.714. The van der Waals surface area contributed by atoms with E-state index in [-0.39, 0.29) is 6.23 Å². The van der Waals surface area contributed by atoms with Crippen molar-refractivity contribution < 1.29 is 4.74 Å². The molecule has 3 nitrogen and oxygen atoms in total. The fourth-order valence-corrected chi connectivity index (χ4v) is 0.923. The van der Waals surface area contributed by atoms with E-state index in [1.165, 1.54) is 0 Å². The Morgan fingerprint density at radius 3 is 2.60 bits per heavy atom. The first-order valence-electron chi connectivity index (χ1n) is 3.41. The van der Waals surface area contributed by atoms with Crippen molar-refractivity contribution in [3.05, 3.63) is 12.4 Å². The summed E-state index contributed by atoms with van der Waals surface area (Å²) in [6.45, 7) is 2.96. The maximum Gasteiger partial charge on any atom is 0.127 e. The van der Waals surface area contributed by atoms with Crippen LogP contribution in [0.2, 0.25) is 0 Å². The van der Waals surface area contributed by atoms with Gasteiger partial charge in [0.25, 0.3) is 0 Å². The van der Waals surface area contributed by atoms with Crippen molar-refractivity contribution in [3.63, 3.8) is 0 Å². The molecule has 0 N–H and O–H groups in total. The van der Waals surface area contributed by atoms with E-state index in [9.17, 15) is 0 Å². The van der Waals surface area contributed by atoms with E-state index in [1.807, 2.05) is 26.4 Å². The minimum atomic E-state index is 0.182. The first-order chi connectivity index (χ1) is 4.74. The summed E-state index contributed by atoms with van der Waals surface area (Å²) in [6, 6.07) is 0. The van der Waals surface area contributed by atoms with Crippen molar-refractivity contribution in [2.24, 2.45) is 0 Å². The molecular formula is C7H14N2O. The number of hydrogen-bond donors (Lipinski definition) is 0. The van der Waals surface area contributed by atoms with Crippen molar-refractivity contribution in [1.82, 2.24) is 9.80 Å². The van der Waals surface area contributed by atoms with Crippen molar-refractivity contribution in [3.8, 4) is 0 Å². The number of nitrogens with zero attached hydrogens (tertiary/aromatic N) is 2. The van der Waals surface area contributed by atoms with Crippen molar-refractivity contribution >= 4 is 0 Å². The second-order valence-corrected chi connectivity index (χ2v) is 2.55. The summed E-state index contributed by atoms with van der Waals surface area (Å²) in [7, 11) is 3.76. The van der Waals surface area contributed by atoms with Gasteiger partial charge < -0.3 is 14.5 Å². The second kappa shape index (κ2) is 2.92. The number of rotatable bonds is 2. The Labute approximate surface area is 61.9 Å². The minimum Gasteiger partial charge on any atom is -0.362 e. The lowest BCUT2D eigenvalue weighted by Crippen LogP contribution is -2.31. The molecule has 0 aromatic carbocycles. The van der Waals surface area contributed by atoms with E-state index in [4.69, 9.17) is 4.74 Å². The molecule has 0 spiro atoms. The highest BCUT2D eigenvalue weighted by Gasteiger charge is 2.13. The Morgan fingerprint density at radius 1 is 1.50 bits per heavy atom. The van der Waals surface area contributed by atoms with Gasteiger partial charge in [-0.05, 0) is 6.92 Å². The molecule has 0 aromatic rings. The van der Waals surface area contributed by atoms with Crippen LogP contribution in [-0.4, -0.2) is 36.9 Å². The average Bonchev–Trinajstić information content (AvgIpc) is 2.34. The molecule has 1 aliphatic heterocycles. The summed E-state index contributed by atoms with van der Waals surface area (Å²) in [6.07, 6.45) is 4.25. The molecule has 0 aromatic heterocycles. The van der Waals surface area contributed by atoms with Gasteiger partial charge >= 0.3 is 0 Å². The van der Waals surface area contributed by atoms with E-state index >= 15 is 0 Å². The zero-order valence-corrected chi connectivity index (χ0v) is 6.74. The smallest absolute Gasteiger partial charge is 0.127 e. The molecule has 1 unspecified atom stereocenters. The molecule has 1 atom stereocenters. The van der Waals surface area contributed by atoms with Crippen LogP contribution < -0.4 is 0 Å². The van der Waals surface area contributed by atoms with Gasteiger partial charge in [-0.25, -0.2) is 0 Å². The highest BCUT2D eigenvalue weighted by atomic mass is 16.5. The summed E-state index contributed by atoms with van der Waals surface area (Å²) < 4.78 is 5.13. The molecule has 0 radical (unpaired) electrons. The van der Waals surface area contributed by atoms with Gasteiger partial charge in [0.2, 0.25) is 0 Å². The Kier molecular flexibility index (Phi) is 2.17. The maximum absolute atomic E-state index is 5.13. The highest BCUT2D eigenvalue weighted by molar-refractivity contribution is 4.89. The van der Waals surface area contributed by atoms with E-state index in [0.717, 1.165) is 6.67 Å².